The van der Waals surface area contributed by atoms with Crippen LogP contribution in [0.2, 0.25) is 0 Å². The molecule has 4 aromatic rings. The van der Waals surface area contributed by atoms with Gasteiger partial charge in [-0.15, -0.1) is 0 Å². The van der Waals surface area contributed by atoms with Crippen molar-refractivity contribution in [3.8, 4) is 11.4 Å². The van der Waals surface area contributed by atoms with Crippen LogP contribution in [0.15, 0.2) is 77.6 Å². The fourth-order valence-corrected chi connectivity index (χ4v) is 6.93. The molecule has 4 heterocycles. The Balaban J connectivity index is 1.51. The maximum absolute atomic E-state index is 14.5. The van der Waals surface area contributed by atoms with Crippen LogP contribution in [-0.4, -0.2) is 34.5 Å². The molecule has 3 aliphatic heterocycles. The summed E-state index contributed by atoms with van der Waals surface area (Å²) in [6.07, 6.45) is 0.688. The van der Waals surface area contributed by atoms with Crippen LogP contribution in [0.5, 0.6) is 5.75 Å². The largest absolute Gasteiger partial charge is 0.497 e. The number of anilines is 1. The van der Waals surface area contributed by atoms with Crippen LogP contribution >= 0.6 is 0 Å². The molecule has 3 aliphatic rings. The van der Waals surface area contributed by atoms with Crippen molar-refractivity contribution in [2.24, 2.45) is 17.8 Å². The third-order valence-electron chi connectivity index (χ3n) is 8.40. The number of rotatable bonds is 4. The molecule has 0 bridgehead atoms. The van der Waals surface area contributed by atoms with E-state index in [4.69, 9.17) is 9.72 Å². The second-order valence-corrected chi connectivity index (χ2v) is 11.0. The summed E-state index contributed by atoms with van der Waals surface area (Å²) in [6, 6.07) is 21.6. The normalized spacial score (nSPS) is 25.0. The van der Waals surface area contributed by atoms with Crippen molar-refractivity contribution in [3.05, 3.63) is 94.5 Å². The van der Waals surface area contributed by atoms with Crippen molar-refractivity contribution < 1.29 is 14.3 Å². The van der Waals surface area contributed by atoms with Crippen LogP contribution < -0.4 is 20.5 Å². The average molecular weight is 521 g/mol. The number of aromatic nitrogens is 2. The van der Waals surface area contributed by atoms with Crippen LogP contribution in [0.1, 0.15) is 31.7 Å². The van der Waals surface area contributed by atoms with Gasteiger partial charge in [-0.05, 0) is 42.7 Å². The maximum atomic E-state index is 14.5. The Bertz CT molecular complexity index is 1740. The molecule has 0 radical (unpaired) electrons. The summed E-state index contributed by atoms with van der Waals surface area (Å²) in [7, 11) is 1.55. The SMILES string of the molecule is COc1cccc(N2C(=O)[C@@H]3[C@H](CC(C)C)N[C@]4(c5ccccc5-n5c4nc4ccccc4c5=O)[C@H]3C2=O)c1. The van der Waals surface area contributed by atoms with Crippen molar-refractivity contribution in [1.82, 2.24) is 14.9 Å². The van der Waals surface area contributed by atoms with Gasteiger partial charge in [0.15, 0.2) is 0 Å². The highest BCUT2D eigenvalue weighted by Gasteiger charge is 2.69. The predicted molar refractivity (Wildman–Crippen MR) is 147 cm³/mol. The Kier molecular flexibility index (Phi) is 5.09. The van der Waals surface area contributed by atoms with Gasteiger partial charge in [0, 0.05) is 17.7 Å². The molecular weight excluding hydrogens is 492 g/mol. The van der Waals surface area contributed by atoms with E-state index in [9.17, 15) is 14.4 Å². The van der Waals surface area contributed by atoms with Gasteiger partial charge in [-0.1, -0.05) is 50.2 Å². The van der Waals surface area contributed by atoms with E-state index in [1.807, 2.05) is 42.5 Å². The van der Waals surface area contributed by atoms with Crippen LogP contribution in [-0.2, 0) is 15.1 Å². The summed E-state index contributed by atoms with van der Waals surface area (Å²) < 4.78 is 7.01. The molecule has 0 unspecified atom stereocenters. The molecule has 1 aromatic heterocycles. The Morgan fingerprint density at radius 1 is 0.974 bits per heavy atom. The lowest BCUT2D eigenvalue weighted by molar-refractivity contribution is -0.123. The van der Waals surface area contributed by atoms with Gasteiger partial charge < -0.3 is 4.74 Å². The molecule has 196 valence electrons. The average Bonchev–Trinajstić information content (AvgIpc) is 3.51. The number of nitrogens with one attached hydrogen (secondary N) is 1. The molecule has 2 fully saturated rings. The number of nitrogens with zero attached hydrogens (tertiary/aromatic N) is 3. The summed E-state index contributed by atoms with van der Waals surface area (Å²) in [5.41, 5.74) is 1.20. The lowest BCUT2D eigenvalue weighted by Gasteiger charge is -2.32. The second kappa shape index (κ2) is 8.35. The summed E-state index contributed by atoms with van der Waals surface area (Å²) in [5.74, 6) is -0.641. The van der Waals surface area contributed by atoms with Crippen molar-refractivity contribution in [1.29, 1.82) is 0 Å². The van der Waals surface area contributed by atoms with Gasteiger partial charge in [0.05, 0.1) is 41.2 Å². The van der Waals surface area contributed by atoms with Crippen LogP contribution in [0.25, 0.3) is 16.6 Å². The van der Waals surface area contributed by atoms with Crippen LogP contribution in [0.4, 0.5) is 5.69 Å². The number of fused-ring (bicyclic) bond motifs is 8. The third kappa shape index (κ3) is 3.09. The van der Waals surface area contributed by atoms with Gasteiger partial charge in [0.25, 0.3) is 5.56 Å². The standard InChI is InChI=1S/C31H28N4O4/c1-17(2)15-23-25-26(29(38)34(28(25)37)18-9-8-10-19(16-18)39-3)31(33-23)21-12-5-7-14-24(21)35-27(36)20-11-4-6-13-22(20)32-30(31)35/h4-14,16-17,23,25-26,33H,15H2,1-3H3/t23-,25+,26+,31+/m0/s1. The highest BCUT2D eigenvalue weighted by atomic mass is 16.5. The fraction of sp³-hybridized carbons (Fsp3) is 0.290. The second-order valence-electron chi connectivity index (χ2n) is 11.0. The minimum absolute atomic E-state index is 0.188. The molecule has 3 aromatic carbocycles. The lowest BCUT2D eigenvalue weighted by atomic mass is 9.75. The Hall–Kier alpha value is -4.30. The lowest BCUT2D eigenvalue weighted by Crippen LogP contribution is -2.50. The summed E-state index contributed by atoms with van der Waals surface area (Å²) in [5, 5.41) is 4.25. The minimum Gasteiger partial charge on any atom is -0.497 e. The van der Waals surface area contributed by atoms with E-state index >= 15 is 0 Å². The van der Waals surface area contributed by atoms with Gasteiger partial charge in [-0.2, -0.15) is 0 Å². The fourth-order valence-electron chi connectivity index (χ4n) is 6.93. The van der Waals surface area contributed by atoms with Crippen molar-refractivity contribution in [2.45, 2.75) is 31.8 Å². The molecule has 8 nitrogen and oxygen atoms in total. The van der Waals surface area contributed by atoms with Crippen LogP contribution in [0.3, 0.4) is 0 Å². The Labute approximate surface area is 225 Å². The molecule has 39 heavy (non-hydrogen) atoms. The number of para-hydroxylation sites is 2. The molecule has 0 aliphatic carbocycles. The van der Waals surface area contributed by atoms with E-state index in [1.165, 1.54) is 4.90 Å². The predicted octanol–water partition coefficient (Wildman–Crippen LogP) is 3.78. The number of hydrogen-bond acceptors (Lipinski definition) is 6. The van der Waals surface area contributed by atoms with E-state index < -0.39 is 17.4 Å². The van der Waals surface area contributed by atoms with Gasteiger partial charge in [0.1, 0.15) is 17.1 Å². The maximum Gasteiger partial charge on any atom is 0.266 e. The van der Waals surface area contributed by atoms with E-state index in [0.717, 1.165) is 5.56 Å². The zero-order valence-corrected chi connectivity index (χ0v) is 21.9. The minimum atomic E-state index is -1.13. The number of carbonyl (C=O) groups excluding carboxylic acids is 2. The molecule has 1 N–H and O–H groups in total. The van der Waals surface area contributed by atoms with Crippen LogP contribution in [0, 0.1) is 17.8 Å². The molecule has 0 saturated carbocycles. The monoisotopic (exact) mass is 520 g/mol. The van der Waals surface area contributed by atoms with E-state index in [1.54, 1.807) is 42.0 Å². The van der Waals surface area contributed by atoms with Crippen molar-refractivity contribution in [3.63, 3.8) is 0 Å². The number of methoxy groups -OCH3 is 1. The van der Waals surface area contributed by atoms with Gasteiger partial charge in [0.2, 0.25) is 11.8 Å². The van der Waals surface area contributed by atoms with Gasteiger partial charge >= 0.3 is 0 Å². The van der Waals surface area contributed by atoms with Crippen molar-refractivity contribution >= 4 is 28.4 Å². The molecule has 2 saturated heterocycles. The summed E-state index contributed by atoms with van der Waals surface area (Å²) >= 11 is 0. The molecular formula is C31H28N4O4. The summed E-state index contributed by atoms with van der Waals surface area (Å²) in [6.45, 7) is 4.21. The van der Waals surface area contributed by atoms with E-state index in [-0.39, 0.29) is 29.3 Å². The summed E-state index contributed by atoms with van der Waals surface area (Å²) in [4.78, 5) is 48.9. The van der Waals surface area contributed by atoms with Crippen molar-refractivity contribution in [2.75, 3.05) is 12.0 Å². The zero-order valence-electron chi connectivity index (χ0n) is 21.9. The number of carbonyl (C=O) groups is 2. The first-order chi connectivity index (χ1) is 18.9. The Morgan fingerprint density at radius 3 is 2.54 bits per heavy atom. The third-order valence-corrected chi connectivity index (χ3v) is 8.40. The highest BCUT2D eigenvalue weighted by molar-refractivity contribution is 6.23. The first kappa shape index (κ1) is 23.8. The smallest absolute Gasteiger partial charge is 0.266 e. The molecule has 1 spiro atoms. The topological polar surface area (TPSA) is 93.5 Å². The molecule has 4 atom stereocenters. The van der Waals surface area contributed by atoms with E-state index in [0.29, 0.717) is 40.3 Å². The number of ether oxygens (including phenoxy) is 1. The van der Waals surface area contributed by atoms with Gasteiger partial charge in [-0.25, -0.2) is 9.88 Å². The first-order valence-corrected chi connectivity index (χ1v) is 13.3. The Morgan fingerprint density at radius 2 is 1.74 bits per heavy atom. The number of imide groups is 1. The quantitative estimate of drug-likeness (QED) is 0.412. The number of amides is 2. The first-order valence-electron chi connectivity index (χ1n) is 13.3. The molecule has 8 heteroatoms. The molecule has 2 amide bonds. The number of hydrogen-bond donors (Lipinski definition) is 1. The van der Waals surface area contributed by atoms with E-state index in [2.05, 4.69) is 19.2 Å². The highest BCUT2D eigenvalue weighted by Crippen LogP contribution is 2.56. The number of benzene rings is 3. The molecule has 7 rings (SSSR count). The van der Waals surface area contributed by atoms with Gasteiger partial charge in [-0.3, -0.25) is 24.3 Å². The zero-order chi connectivity index (χ0) is 27.1.